The molecule has 0 bridgehead atoms. The number of hydrogen-bond acceptors (Lipinski definition) is 0. The van der Waals surface area contributed by atoms with Crippen LogP contribution in [0.15, 0.2) is 84.9 Å². The molecule has 1 aliphatic carbocycles. The van der Waals surface area contributed by atoms with Crippen LogP contribution in [-0.2, 0) is 12.8 Å². The third kappa shape index (κ3) is 2.37. The number of rotatable bonds is 0. The Kier molecular flexibility index (Phi) is 3.36. The Balaban J connectivity index is 0.000000116. The topological polar surface area (TPSA) is 0 Å². The SMILES string of the molecule is c1cc2c3c(cccc3c1)CC2.c1ccc2ccccc2c1. The van der Waals surface area contributed by atoms with Crippen LogP contribution in [-0.4, -0.2) is 0 Å². The van der Waals surface area contributed by atoms with E-state index in [0.29, 0.717) is 0 Å². The predicted octanol–water partition coefficient (Wildman–Crippen LogP) is 5.78. The monoisotopic (exact) mass is 282 g/mol. The molecule has 0 nitrogen and oxygen atoms in total. The molecule has 4 aromatic rings. The lowest BCUT2D eigenvalue weighted by molar-refractivity contribution is 1.02. The van der Waals surface area contributed by atoms with E-state index in [1.54, 1.807) is 0 Å². The Labute approximate surface area is 131 Å². The highest BCUT2D eigenvalue weighted by Crippen LogP contribution is 2.29. The van der Waals surface area contributed by atoms with Crippen LogP contribution in [0.25, 0.3) is 21.5 Å². The minimum Gasteiger partial charge on any atom is -0.0616 e. The van der Waals surface area contributed by atoms with Crippen LogP contribution in [0, 0.1) is 0 Å². The quantitative estimate of drug-likeness (QED) is 0.383. The highest BCUT2D eigenvalue weighted by molar-refractivity contribution is 5.90. The summed E-state index contributed by atoms with van der Waals surface area (Å²) in [5, 5.41) is 5.54. The molecule has 0 unspecified atom stereocenters. The third-order valence-electron chi connectivity index (χ3n) is 4.40. The summed E-state index contributed by atoms with van der Waals surface area (Å²) in [6.07, 6.45) is 2.47. The van der Waals surface area contributed by atoms with E-state index >= 15 is 0 Å². The lowest BCUT2D eigenvalue weighted by Crippen LogP contribution is -1.76. The minimum absolute atomic E-state index is 1.23. The summed E-state index contributed by atoms with van der Waals surface area (Å²) in [6, 6.07) is 29.9. The van der Waals surface area contributed by atoms with Crippen molar-refractivity contribution in [2.45, 2.75) is 12.8 Å². The van der Waals surface area contributed by atoms with Gasteiger partial charge in [0.15, 0.2) is 0 Å². The summed E-state index contributed by atoms with van der Waals surface area (Å²) in [6.45, 7) is 0. The molecule has 0 radical (unpaired) electrons. The fourth-order valence-electron chi connectivity index (χ4n) is 3.32. The van der Waals surface area contributed by atoms with Gasteiger partial charge in [0.1, 0.15) is 0 Å². The highest BCUT2D eigenvalue weighted by Gasteiger charge is 2.11. The van der Waals surface area contributed by atoms with Gasteiger partial charge >= 0.3 is 0 Å². The molecule has 0 N–H and O–H groups in total. The van der Waals surface area contributed by atoms with Crippen LogP contribution in [0.4, 0.5) is 0 Å². The molecular weight excluding hydrogens is 264 g/mol. The van der Waals surface area contributed by atoms with Gasteiger partial charge in [-0.1, -0.05) is 84.9 Å². The lowest BCUT2D eigenvalue weighted by atomic mass is 10.1. The first-order valence-electron chi connectivity index (χ1n) is 7.85. The van der Waals surface area contributed by atoms with Crippen LogP contribution in [0.5, 0.6) is 0 Å². The van der Waals surface area contributed by atoms with E-state index in [0.717, 1.165) is 0 Å². The van der Waals surface area contributed by atoms with Crippen LogP contribution in [0.2, 0.25) is 0 Å². The van der Waals surface area contributed by atoms with E-state index < -0.39 is 0 Å². The predicted molar refractivity (Wildman–Crippen MR) is 95.3 cm³/mol. The molecule has 5 rings (SSSR count). The first kappa shape index (κ1) is 13.1. The lowest BCUT2D eigenvalue weighted by Gasteiger charge is -1.99. The van der Waals surface area contributed by atoms with E-state index in [9.17, 15) is 0 Å². The van der Waals surface area contributed by atoms with Gasteiger partial charge < -0.3 is 0 Å². The number of aryl methyl sites for hydroxylation is 2. The molecule has 0 atom stereocenters. The van der Waals surface area contributed by atoms with Crippen molar-refractivity contribution in [1.82, 2.24) is 0 Å². The minimum atomic E-state index is 1.23. The molecule has 0 heterocycles. The Morgan fingerprint density at radius 1 is 0.409 bits per heavy atom. The Bertz CT molecular complexity index is 830. The number of fused-ring (bicyclic) bond motifs is 1. The van der Waals surface area contributed by atoms with E-state index in [4.69, 9.17) is 0 Å². The van der Waals surface area contributed by atoms with Gasteiger partial charge in [-0.15, -0.1) is 0 Å². The largest absolute Gasteiger partial charge is 0.0616 e. The number of hydrogen-bond donors (Lipinski definition) is 0. The van der Waals surface area contributed by atoms with Gasteiger partial charge in [0.2, 0.25) is 0 Å². The summed E-state index contributed by atoms with van der Waals surface area (Å²) >= 11 is 0. The summed E-state index contributed by atoms with van der Waals surface area (Å²) in [7, 11) is 0. The second-order valence-corrected chi connectivity index (χ2v) is 5.78. The molecule has 1 aliphatic rings. The molecule has 0 saturated carbocycles. The Morgan fingerprint density at radius 2 is 0.818 bits per heavy atom. The van der Waals surface area contributed by atoms with Gasteiger partial charge in [0.25, 0.3) is 0 Å². The maximum absolute atomic E-state index is 2.25. The zero-order chi connectivity index (χ0) is 14.8. The summed E-state index contributed by atoms with van der Waals surface area (Å²) in [5.41, 5.74) is 3.06. The van der Waals surface area contributed by atoms with Crippen LogP contribution >= 0.6 is 0 Å². The van der Waals surface area contributed by atoms with E-state index in [1.165, 1.54) is 45.5 Å². The van der Waals surface area contributed by atoms with Crippen molar-refractivity contribution < 1.29 is 0 Å². The maximum atomic E-state index is 2.25. The van der Waals surface area contributed by atoms with Crippen molar-refractivity contribution >= 4 is 21.5 Å². The summed E-state index contributed by atoms with van der Waals surface area (Å²) in [4.78, 5) is 0. The van der Waals surface area contributed by atoms with E-state index in [1.807, 2.05) is 0 Å². The third-order valence-corrected chi connectivity index (χ3v) is 4.40. The first-order valence-corrected chi connectivity index (χ1v) is 7.85. The maximum Gasteiger partial charge on any atom is -0.0120 e. The molecule has 22 heavy (non-hydrogen) atoms. The Hall–Kier alpha value is -2.60. The first-order chi connectivity index (χ1) is 10.9. The fraction of sp³-hybridized carbons (Fsp3) is 0.0909. The van der Waals surface area contributed by atoms with Crippen LogP contribution < -0.4 is 0 Å². The molecule has 106 valence electrons. The molecule has 0 spiro atoms. The molecule has 0 amide bonds. The second-order valence-electron chi connectivity index (χ2n) is 5.78. The molecule has 0 aromatic heterocycles. The highest BCUT2D eigenvalue weighted by atomic mass is 14.2. The average molecular weight is 282 g/mol. The van der Waals surface area contributed by atoms with Crippen molar-refractivity contribution in [1.29, 1.82) is 0 Å². The smallest absolute Gasteiger partial charge is 0.0120 e. The summed E-state index contributed by atoms with van der Waals surface area (Å²) in [5.74, 6) is 0. The van der Waals surface area contributed by atoms with Gasteiger partial charge in [0, 0.05) is 0 Å². The standard InChI is InChI=1S/C12H10.C10H8/c1-3-9-4-2-6-11-8-7-10(5-1)12(9)11;1-2-6-10-8-4-3-7-9(10)5-1/h1-6H,7-8H2;1-8H. The van der Waals surface area contributed by atoms with Crippen molar-refractivity contribution in [3.8, 4) is 0 Å². The molecule has 0 fully saturated rings. The van der Waals surface area contributed by atoms with Gasteiger partial charge in [-0.05, 0) is 45.5 Å². The molecular formula is C22H18. The van der Waals surface area contributed by atoms with E-state index in [2.05, 4.69) is 84.9 Å². The second kappa shape index (κ2) is 5.65. The van der Waals surface area contributed by atoms with Gasteiger partial charge in [-0.3, -0.25) is 0 Å². The van der Waals surface area contributed by atoms with Gasteiger partial charge in [-0.25, -0.2) is 0 Å². The van der Waals surface area contributed by atoms with Crippen molar-refractivity contribution in [3.63, 3.8) is 0 Å². The van der Waals surface area contributed by atoms with Crippen molar-refractivity contribution in [2.75, 3.05) is 0 Å². The molecule has 0 aliphatic heterocycles. The zero-order valence-electron chi connectivity index (χ0n) is 12.5. The van der Waals surface area contributed by atoms with Crippen LogP contribution in [0.1, 0.15) is 11.1 Å². The van der Waals surface area contributed by atoms with Crippen LogP contribution in [0.3, 0.4) is 0 Å². The zero-order valence-corrected chi connectivity index (χ0v) is 12.5. The molecule has 0 saturated heterocycles. The van der Waals surface area contributed by atoms with Crippen molar-refractivity contribution in [2.24, 2.45) is 0 Å². The van der Waals surface area contributed by atoms with Crippen molar-refractivity contribution in [3.05, 3.63) is 96.1 Å². The van der Waals surface area contributed by atoms with Gasteiger partial charge in [0.05, 0.1) is 0 Å². The normalized spacial score (nSPS) is 12.2. The Morgan fingerprint density at radius 3 is 1.27 bits per heavy atom. The molecule has 4 aromatic carbocycles. The summed E-state index contributed by atoms with van der Waals surface area (Å²) < 4.78 is 0. The molecule has 0 heteroatoms. The fourth-order valence-corrected chi connectivity index (χ4v) is 3.32. The number of benzene rings is 4. The van der Waals surface area contributed by atoms with E-state index in [-0.39, 0.29) is 0 Å². The van der Waals surface area contributed by atoms with Gasteiger partial charge in [-0.2, -0.15) is 0 Å². The average Bonchev–Trinajstić information content (AvgIpc) is 3.02.